The Hall–Kier alpha value is -3.40. The number of ether oxygens (including phenoxy) is 1. The summed E-state index contributed by atoms with van der Waals surface area (Å²) in [5, 5.41) is 13.1. The largest absolute Gasteiger partial charge is 0.493 e. The van der Waals surface area contributed by atoms with Crippen molar-refractivity contribution in [3.05, 3.63) is 53.5 Å². The van der Waals surface area contributed by atoms with Crippen molar-refractivity contribution in [2.75, 3.05) is 23.4 Å². The number of rotatable bonds is 0. The second kappa shape index (κ2) is 7.45. The number of aromatic nitrogens is 2. The fourth-order valence-electron chi connectivity index (χ4n) is 4.39. The number of nitrogens with zero attached hydrogens (tertiary/aromatic N) is 4. The molecule has 1 fully saturated rings. The van der Waals surface area contributed by atoms with E-state index >= 15 is 0 Å². The molecule has 2 aliphatic rings. The summed E-state index contributed by atoms with van der Waals surface area (Å²) in [5.41, 5.74) is 3.45. The highest BCUT2D eigenvalue weighted by Crippen LogP contribution is 2.40. The quantitative estimate of drug-likeness (QED) is 0.593. The summed E-state index contributed by atoms with van der Waals surface area (Å²) < 4.78 is 20.2. The molecule has 0 spiro atoms. The number of benzene rings is 1. The predicted octanol–water partition coefficient (Wildman–Crippen LogP) is 4.56. The molecule has 152 valence electrons. The van der Waals surface area contributed by atoms with Crippen molar-refractivity contribution in [1.29, 1.82) is 5.26 Å². The molecule has 7 heteroatoms. The van der Waals surface area contributed by atoms with Gasteiger partial charge in [-0.25, -0.2) is 9.37 Å². The predicted molar refractivity (Wildman–Crippen MR) is 113 cm³/mol. The van der Waals surface area contributed by atoms with Gasteiger partial charge in [-0.3, -0.25) is 4.98 Å². The summed E-state index contributed by atoms with van der Waals surface area (Å²) in [6.45, 7) is 3.36. The van der Waals surface area contributed by atoms with Crippen LogP contribution in [0.15, 0.2) is 36.5 Å². The van der Waals surface area contributed by atoms with Gasteiger partial charge in [0.1, 0.15) is 29.0 Å². The minimum Gasteiger partial charge on any atom is -0.493 e. The number of hydrogen-bond acceptors (Lipinski definition) is 6. The Kier molecular flexibility index (Phi) is 4.62. The topological polar surface area (TPSA) is 74.1 Å². The third-order valence-corrected chi connectivity index (χ3v) is 5.90. The Labute approximate surface area is 174 Å². The van der Waals surface area contributed by atoms with Crippen LogP contribution >= 0.6 is 0 Å². The maximum Gasteiger partial charge on any atom is 0.129 e. The van der Waals surface area contributed by atoms with Gasteiger partial charge in [-0.05, 0) is 50.1 Å². The van der Waals surface area contributed by atoms with Crippen LogP contribution in [0.3, 0.4) is 0 Å². The molecule has 0 amide bonds. The second-order valence-corrected chi connectivity index (χ2v) is 7.91. The van der Waals surface area contributed by atoms with Crippen molar-refractivity contribution in [3.8, 4) is 11.8 Å². The second-order valence-electron chi connectivity index (χ2n) is 7.91. The minimum atomic E-state index is -0.264. The normalized spacial score (nSPS) is 20.8. The van der Waals surface area contributed by atoms with Crippen LogP contribution in [0.4, 0.5) is 15.9 Å². The number of anilines is 2. The Morgan fingerprint density at radius 2 is 2.17 bits per heavy atom. The van der Waals surface area contributed by atoms with E-state index < -0.39 is 0 Å². The van der Waals surface area contributed by atoms with Crippen molar-refractivity contribution in [2.24, 2.45) is 0 Å². The Morgan fingerprint density at radius 3 is 3.03 bits per heavy atom. The van der Waals surface area contributed by atoms with Gasteiger partial charge < -0.3 is 15.0 Å². The number of nitriles is 1. The molecule has 2 bridgehead atoms. The summed E-state index contributed by atoms with van der Waals surface area (Å²) in [4.78, 5) is 11.5. The van der Waals surface area contributed by atoms with Gasteiger partial charge in [0.2, 0.25) is 0 Å². The first-order valence-corrected chi connectivity index (χ1v) is 10.3. The zero-order valence-electron chi connectivity index (χ0n) is 16.7. The standard InChI is InChI=1S/C23H22FN5O/c1-14-8-10-30-20-6-4-16(24)11-17(20)19-3-2-9-29(19)21-7-5-18-23(28-21)22(27-14)15(12-25)13-26-18/h4-7,11,13-14,19,27H,2-3,8-10H2,1H3/t14-,19+/m0/s1. The average Bonchev–Trinajstić information content (AvgIpc) is 3.24. The summed E-state index contributed by atoms with van der Waals surface area (Å²) in [6, 6.07) is 10.9. The molecule has 6 nitrogen and oxygen atoms in total. The Bertz CT molecular complexity index is 1160. The van der Waals surface area contributed by atoms with E-state index in [2.05, 4.69) is 21.3 Å². The van der Waals surface area contributed by atoms with Gasteiger partial charge in [0.25, 0.3) is 0 Å². The molecule has 2 atom stereocenters. The molecular weight excluding hydrogens is 381 g/mol. The van der Waals surface area contributed by atoms with Crippen molar-refractivity contribution < 1.29 is 9.13 Å². The van der Waals surface area contributed by atoms with Gasteiger partial charge in [0.15, 0.2) is 0 Å². The number of halogens is 1. The third-order valence-electron chi connectivity index (χ3n) is 5.90. The van der Waals surface area contributed by atoms with E-state index in [1.54, 1.807) is 18.3 Å². The summed E-state index contributed by atoms with van der Waals surface area (Å²) in [7, 11) is 0. The fourth-order valence-corrected chi connectivity index (χ4v) is 4.39. The number of hydrogen-bond donors (Lipinski definition) is 1. The lowest BCUT2D eigenvalue weighted by molar-refractivity contribution is 0.299. The molecule has 1 saturated heterocycles. The van der Waals surface area contributed by atoms with Crippen LogP contribution in [0, 0.1) is 17.1 Å². The van der Waals surface area contributed by atoms with Crippen molar-refractivity contribution in [1.82, 2.24) is 9.97 Å². The summed E-state index contributed by atoms with van der Waals surface area (Å²) >= 11 is 0. The maximum absolute atomic E-state index is 14.1. The smallest absolute Gasteiger partial charge is 0.129 e. The van der Waals surface area contributed by atoms with Gasteiger partial charge in [0.05, 0.1) is 29.4 Å². The van der Waals surface area contributed by atoms with E-state index in [1.807, 2.05) is 19.1 Å². The molecule has 0 unspecified atom stereocenters. The van der Waals surface area contributed by atoms with Crippen LogP contribution in [0.5, 0.6) is 5.75 Å². The fraction of sp³-hybridized carbons (Fsp3) is 0.348. The van der Waals surface area contributed by atoms with Crippen LogP contribution in [0.25, 0.3) is 11.0 Å². The van der Waals surface area contributed by atoms with E-state index in [9.17, 15) is 9.65 Å². The molecule has 0 aliphatic carbocycles. The lowest BCUT2D eigenvalue weighted by atomic mass is 10.0. The lowest BCUT2D eigenvalue weighted by Gasteiger charge is -2.27. The summed E-state index contributed by atoms with van der Waals surface area (Å²) in [6.07, 6.45) is 4.20. The number of nitrogens with one attached hydrogen (secondary N) is 1. The van der Waals surface area contributed by atoms with Crippen LogP contribution in [0.1, 0.15) is 43.4 Å². The van der Waals surface area contributed by atoms with Gasteiger partial charge in [-0.15, -0.1) is 0 Å². The molecule has 0 radical (unpaired) electrons. The third kappa shape index (κ3) is 3.18. The van der Waals surface area contributed by atoms with Crippen LogP contribution in [-0.4, -0.2) is 29.2 Å². The van der Waals surface area contributed by atoms with Gasteiger partial charge >= 0.3 is 0 Å². The first-order valence-electron chi connectivity index (χ1n) is 10.3. The maximum atomic E-state index is 14.1. The van der Waals surface area contributed by atoms with Crippen LogP contribution in [-0.2, 0) is 0 Å². The van der Waals surface area contributed by atoms with E-state index in [1.165, 1.54) is 6.07 Å². The van der Waals surface area contributed by atoms with Crippen molar-refractivity contribution in [2.45, 2.75) is 38.3 Å². The average molecular weight is 403 g/mol. The molecular formula is C23H22FN5O. The number of fused-ring (bicyclic) bond motifs is 5. The zero-order chi connectivity index (χ0) is 20.7. The first kappa shape index (κ1) is 18.6. The molecule has 3 aromatic rings. The van der Waals surface area contributed by atoms with Gasteiger partial charge in [0, 0.05) is 30.8 Å². The van der Waals surface area contributed by atoms with Gasteiger partial charge in [-0.1, -0.05) is 0 Å². The highest BCUT2D eigenvalue weighted by atomic mass is 19.1. The lowest BCUT2D eigenvalue weighted by Crippen LogP contribution is -2.24. The molecule has 0 saturated carbocycles. The SMILES string of the molecule is C[C@H]1CCOc2ccc(F)cc2[C@H]2CCCN2c2ccc3ncc(C#N)c(c3n2)N1. The van der Waals surface area contributed by atoms with E-state index in [0.29, 0.717) is 23.4 Å². The Balaban J connectivity index is 1.71. The molecule has 2 aliphatic heterocycles. The molecule has 5 rings (SSSR count). The zero-order valence-corrected chi connectivity index (χ0v) is 16.7. The Morgan fingerprint density at radius 1 is 1.27 bits per heavy atom. The molecule has 2 aromatic heterocycles. The minimum absolute atomic E-state index is 0.0117. The van der Waals surface area contributed by atoms with E-state index in [-0.39, 0.29) is 17.9 Å². The highest BCUT2D eigenvalue weighted by molar-refractivity contribution is 5.91. The molecule has 30 heavy (non-hydrogen) atoms. The first-order chi connectivity index (χ1) is 14.6. The summed E-state index contributed by atoms with van der Waals surface area (Å²) in [5.74, 6) is 1.25. The van der Waals surface area contributed by atoms with E-state index in [4.69, 9.17) is 9.72 Å². The monoisotopic (exact) mass is 403 g/mol. The van der Waals surface area contributed by atoms with Crippen LogP contribution < -0.4 is 15.0 Å². The number of pyridine rings is 2. The molecule has 4 heterocycles. The highest BCUT2D eigenvalue weighted by Gasteiger charge is 2.30. The van der Waals surface area contributed by atoms with Crippen molar-refractivity contribution in [3.63, 3.8) is 0 Å². The molecule has 1 N–H and O–H groups in total. The van der Waals surface area contributed by atoms with Crippen molar-refractivity contribution >= 4 is 22.5 Å². The molecule has 1 aromatic carbocycles. The van der Waals surface area contributed by atoms with E-state index in [0.717, 1.165) is 48.5 Å². The van der Waals surface area contributed by atoms with Crippen LogP contribution in [0.2, 0.25) is 0 Å². The van der Waals surface area contributed by atoms with Gasteiger partial charge in [-0.2, -0.15) is 5.26 Å².